The zero-order chi connectivity index (χ0) is 16.8. The van der Waals surface area contributed by atoms with E-state index in [4.69, 9.17) is 21.1 Å². The number of rotatable bonds is 6. The zero-order valence-electron chi connectivity index (χ0n) is 13.4. The summed E-state index contributed by atoms with van der Waals surface area (Å²) in [6.45, 7) is 2.32. The summed E-state index contributed by atoms with van der Waals surface area (Å²) in [5.41, 5.74) is 2.40. The summed E-state index contributed by atoms with van der Waals surface area (Å²) in [4.78, 5) is 12.4. The Morgan fingerprint density at radius 3 is 2.48 bits per heavy atom. The molecule has 0 spiro atoms. The number of hydrogen-bond donors (Lipinski definition) is 1. The molecule has 2 aromatic rings. The molecule has 1 amide bonds. The van der Waals surface area contributed by atoms with Crippen molar-refractivity contribution < 1.29 is 14.3 Å². The van der Waals surface area contributed by atoms with E-state index in [1.807, 2.05) is 31.2 Å². The highest BCUT2D eigenvalue weighted by atomic mass is 35.5. The number of carbonyl (C=O) groups is 1. The zero-order valence-corrected chi connectivity index (χ0v) is 14.2. The molecule has 0 aromatic heterocycles. The van der Waals surface area contributed by atoms with E-state index in [0.29, 0.717) is 22.9 Å². The van der Waals surface area contributed by atoms with E-state index in [1.165, 1.54) is 0 Å². The van der Waals surface area contributed by atoms with Crippen molar-refractivity contribution in [3.8, 4) is 5.75 Å². The standard InChI is InChI=1S/C18H20ClNO3/c1-12(13-4-7-16(19)8-5-13)20-18(21)14-6-9-17(23-3)15(10-14)11-22-2/h4-10,12H,11H2,1-3H3,(H,20,21). The van der Waals surface area contributed by atoms with Crippen LogP contribution in [0.25, 0.3) is 0 Å². The lowest BCUT2D eigenvalue weighted by molar-refractivity contribution is 0.0939. The number of benzene rings is 2. The van der Waals surface area contributed by atoms with Gasteiger partial charge in [0.05, 0.1) is 19.8 Å². The molecule has 0 fully saturated rings. The van der Waals surface area contributed by atoms with Crippen LogP contribution in [0.15, 0.2) is 42.5 Å². The van der Waals surface area contributed by atoms with E-state index >= 15 is 0 Å². The maximum atomic E-state index is 12.4. The van der Waals surface area contributed by atoms with Gasteiger partial charge in [-0.2, -0.15) is 0 Å². The number of ether oxygens (including phenoxy) is 2. The first-order chi connectivity index (χ1) is 11.0. The predicted molar refractivity (Wildman–Crippen MR) is 91.0 cm³/mol. The Morgan fingerprint density at radius 1 is 1.17 bits per heavy atom. The number of halogens is 1. The molecular weight excluding hydrogens is 314 g/mol. The lowest BCUT2D eigenvalue weighted by atomic mass is 10.1. The fourth-order valence-electron chi connectivity index (χ4n) is 2.30. The Labute approximate surface area is 141 Å². The highest BCUT2D eigenvalue weighted by Gasteiger charge is 2.13. The van der Waals surface area contributed by atoms with Gasteiger partial charge in [0.25, 0.3) is 5.91 Å². The Hall–Kier alpha value is -2.04. The van der Waals surface area contributed by atoms with Crippen LogP contribution < -0.4 is 10.1 Å². The summed E-state index contributed by atoms with van der Waals surface area (Å²) < 4.78 is 10.4. The first kappa shape index (κ1) is 17.3. The number of methoxy groups -OCH3 is 2. The number of hydrogen-bond acceptors (Lipinski definition) is 3. The van der Waals surface area contributed by atoms with Crippen LogP contribution in [0.2, 0.25) is 5.02 Å². The molecule has 5 heteroatoms. The van der Waals surface area contributed by atoms with E-state index in [9.17, 15) is 4.79 Å². The van der Waals surface area contributed by atoms with Gasteiger partial charge in [0.15, 0.2) is 0 Å². The number of amides is 1. The fourth-order valence-corrected chi connectivity index (χ4v) is 2.43. The SMILES string of the molecule is COCc1cc(C(=O)NC(C)c2ccc(Cl)cc2)ccc1OC. The lowest BCUT2D eigenvalue weighted by Crippen LogP contribution is -2.26. The van der Waals surface area contributed by atoms with Crippen LogP contribution in [-0.2, 0) is 11.3 Å². The van der Waals surface area contributed by atoms with Crippen molar-refractivity contribution in [1.29, 1.82) is 0 Å². The van der Waals surface area contributed by atoms with Crippen LogP contribution in [0, 0.1) is 0 Å². The van der Waals surface area contributed by atoms with Crippen molar-refractivity contribution in [3.05, 3.63) is 64.2 Å². The number of nitrogens with one attached hydrogen (secondary N) is 1. The maximum Gasteiger partial charge on any atom is 0.251 e. The minimum atomic E-state index is -0.146. The molecule has 0 radical (unpaired) electrons. The van der Waals surface area contributed by atoms with Gasteiger partial charge in [0.2, 0.25) is 0 Å². The first-order valence-electron chi connectivity index (χ1n) is 7.27. The molecule has 0 saturated heterocycles. The van der Waals surface area contributed by atoms with Gasteiger partial charge in [-0.15, -0.1) is 0 Å². The molecule has 2 aromatic carbocycles. The summed E-state index contributed by atoms with van der Waals surface area (Å²) in [5.74, 6) is 0.557. The van der Waals surface area contributed by atoms with Gasteiger partial charge in [0.1, 0.15) is 5.75 Å². The quantitative estimate of drug-likeness (QED) is 0.869. The van der Waals surface area contributed by atoms with Crippen molar-refractivity contribution in [1.82, 2.24) is 5.32 Å². The molecule has 2 rings (SSSR count). The normalized spacial score (nSPS) is 11.8. The highest BCUT2D eigenvalue weighted by Crippen LogP contribution is 2.22. The monoisotopic (exact) mass is 333 g/mol. The lowest BCUT2D eigenvalue weighted by Gasteiger charge is -2.15. The highest BCUT2D eigenvalue weighted by molar-refractivity contribution is 6.30. The molecule has 122 valence electrons. The van der Waals surface area contributed by atoms with Crippen LogP contribution in [0.3, 0.4) is 0 Å². The van der Waals surface area contributed by atoms with Crippen LogP contribution in [0.4, 0.5) is 0 Å². The Bertz CT molecular complexity index is 670. The molecule has 0 aliphatic carbocycles. The van der Waals surface area contributed by atoms with E-state index in [2.05, 4.69) is 5.32 Å². The van der Waals surface area contributed by atoms with Crippen LogP contribution >= 0.6 is 11.6 Å². The second kappa shape index (κ2) is 7.99. The summed E-state index contributed by atoms with van der Waals surface area (Å²) in [6, 6.07) is 12.6. The minimum absolute atomic E-state index is 0.118. The average molecular weight is 334 g/mol. The molecule has 1 unspecified atom stereocenters. The molecule has 1 atom stereocenters. The molecule has 0 bridgehead atoms. The Morgan fingerprint density at radius 2 is 1.87 bits per heavy atom. The average Bonchev–Trinajstić information content (AvgIpc) is 2.55. The third kappa shape index (κ3) is 4.47. The molecule has 23 heavy (non-hydrogen) atoms. The molecular formula is C18H20ClNO3. The van der Waals surface area contributed by atoms with E-state index in [-0.39, 0.29) is 11.9 Å². The van der Waals surface area contributed by atoms with Crippen molar-refractivity contribution in [2.75, 3.05) is 14.2 Å². The van der Waals surface area contributed by atoms with Crippen molar-refractivity contribution in [2.24, 2.45) is 0 Å². The Balaban J connectivity index is 2.13. The second-order valence-electron chi connectivity index (χ2n) is 5.21. The van der Waals surface area contributed by atoms with Gasteiger partial charge < -0.3 is 14.8 Å². The first-order valence-corrected chi connectivity index (χ1v) is 7.65. The molecule has 0 saturated carbocycles. The smallest absolute Gasteiger partial charge is 0.251 e. The van der Waals surface area contributed by atoms with Gasteiger partial charge in [0, 0.05) is 23.3 Å². The van der Waals surface area contributed by atoms with E-state index in [1.54, 1.807) is 32.4 Å². The summed E-state index contributed by atoms with van der Waals surface area (Å²) in [5, 5.41) is 3.65. The summed E-state index contributed by atoms with van der Waals surface area (Å²) in [7, 11) is 3.20. The predicted octanol–water partition coefficient (Wildman–Crippen LogP) is 3.99. The summed E-state index contributed by atoms with van der Waals surface area (Å²) >= 11 is 5.88. The molecule has 0 heterocycles. The van der Waals surface area contributed by atoms with Crippen molar-refractivity contribution >= 4 is 17.5 Å². The molecule has 0 aliphatic rings. The van der Waals surface area contributed by atoms with E-state index < -0.39 is 0 Å². The van der Waals surface area contributed by atoms with Crippen LogP contribution in [0.5, 0.6) is 5.75 Å². The van der Waals surface area contributed by atoms with Gasteiger partial charge in [-0.1, -0.05) is 23.7 Å². The largest absolute Gasteiger partial charge is 0.496 e. The second-order valence-corrected chi connectivity index (χ2v) is 5.64. The van der Waals surface area contributed by atoms with Gasteiger partial charge >= 0.3 is 0 Å². The van der Waals surface area contributed by atoms with Gasteiger partial charge in [-0.25, -0.2) is 0 Å². The fraction of sp³-hybridized carbons (Fsp3) is 0.278. The molecule has 1 N–H and O–H groups in total. The van der Waals surface area contributed by atoms with Gasteiger partial charge in [-0.3, -0.25) is 4.79 Å². The van der Waals surface area contributed by atoms with Gasteiger partial charge in [-0.05, 0) is 42.8 Å². The number of carbonyl (C=O) groups excluding carboxylic acids is 1. The van der Waals surface area contributed by atoms with E-state index in [0.717, 1.165) is 11.1 Å². The van der Waals surface area contributed by atoms with Crippen LogP contribution in [0.1, 0.15) is 34.5 Å². The van der Waals surface area contributed by atoms with Crippen LogP contribution in [-0.4, -0.2) is 20.1 Å². The summed E-state index contributed by atoms with van der Waals surface area (Å²) in [6.07, 6.45) is 0. The molecule has 0 aliphatic heterocycles. The third-order valence-electron chi connectivity index (χ3n) is 3.56. The van der Waals surface area contributed by atoms with Crippen molar-refractivity contribution in [2.45, 2.75) is 19.6 Å². The third-order valence-corrected chi connectivity index (χ3v) is 3.81. The maximum absolute atomic E-state index is 12.4. The topological polar surface area (TPSA) is 47.6 Å². The molecule has 4 nitrogen and oxygen atoms in total. The Kier molecular flexibility index (Phi) is 6.02. The minimum Gasteiger partial charge on any atom is -0.496 e. The van der Waals surface area contributed by atoms with Crippen molar-refractivity contribution in [3.63, 3.8) is 0 Å².